The first-order chi connectivity index (χ1) is 11.1. The molecular formula is C13H9N5O3S2. The zero-order valence-electron chi connectivity index (χ0n) is 11.5. The molecule has 23 heavy (non-hydrogen) atoms. The fraction of sp³-hybridized carbons (Fsp3) is 0.0769. The number of thiocarbonyl (C=S) groups is 1. The summed E-state index contributed by atoms with van der Waals surface area (Å²) < 4.78 is 0.395. The number of carbonyl (C=O) groups is 1. The van der Waals surface area contributed by atoms with E-state index in [1.54, 1.807) is 12.1 Å². The quantitative estimate of drug-likeness (QED) is 0.393. The van der Waals surface area contributed by atoms with Crippen LogP contribution in [0, 0.1) is 10.1 Å². The predicted octanol–water partition coefficient (Wildman–Crippen LogP) is 2.18. The number of H-pyrrole nitrogens is 1. The Morgan fingerprint density at radius 3 is 3.04 bits per heavy atom. The van der Waals surface area contributed by atoms with Gasteiger partial charge in [-0.1, -0.05) is 36.1 Å². The molecule has 116 valence electrons. The number of hydrogen-bond donors (Lipinski definition) is 1. The highest BCUT2D eigenvalue weighted by atomic mass is 32.2. The lowest BCUT2D eigenvalue weighted by molar-refractivity contribution is -0.384. The standard InChI is InChI=1S/C13H9N5O3S2/c19-11-7-23-13(22)17(11)15-6-9-5-14-16-12(9)8-2-1-3-10(4-8)18(20)21/h1-6H,7H2,(H,14,16). The molecule has 0 saturated carbocycles. The van der Waals surface area contributed by atoms with Crippen LogP contribution in [-0.2, 0) is 4.79 Å². The number of carbonyl (C=O) groups excluding carboxylic acids is 1. The molecule has 1 fully saturated rings. The summed E-state index contributed by atoms with van der Waals surface area (Å²) in [6.07, 6.45) is 2.97. The van der Waals surface area contributed by atoms with Crippen molar-refractivity contribution in [2.24, 2.45) is 5.10 Å². The average molecular weight is 347 g/mol. The number of amides is 1. The fourth-order valence-electron chi connectivity index (χ4n) is 1.98. The van der Waals surface area contributed by atoms with Gasteiger partial charge in [0.1, 0.15) is 0 Å². The number of nitrogens with one attached hydrogen (secondary N) is 1. The Labute approximate surface area is 139 Å². The number of non-ortho nitro benzene ring substituents is 1. The van der Waals surface area contributed by atoms with Crippen molar-refractivity contribution in [1.29, 1.82) is 0 Å². The molecule has 3 rings (SSSR count). The van der Waals surface area contributed by atoms with Crippen molar-refractivity contribution in [2.45, 2.75) is 0 Å². The van der Waals surface area contributed by atoms with Crippen molar-refractivity contribution in [3.05, 3.63) is 46.1 Å². The molecule has 1 aromatic carbocycles. The highest BCUT2D eigenvalue weighted by molar-refractivity contribution is 8.23. The van der Waals surface area contributed by atoms with Crippen LogP contribution in [0.15, 0.2) is 35.6 Å². The molecule has 0 aliphatic carbocycles. The van der Waals surface area contributed by atoms with Crippen molar-refractivity contribution < 1.29 is 9.72 Å². The van der Waals surface area contributed by atoms with Gasteiger partial charge in [-0.2, -0.15) is 15.2 Å². The maximum atomic E-state index is 11.6. The first kappa shape index (κ1) is 15.3. The summed E-state index contributed by atoms with van der Waals surface area (Å²) in [5.41, 5.74) is 1.75. The zero-order valence-corrected chi connectivity index (χ0v) is 13.1. The number of rotatable bonds is 4. The van der Waals surface area contributed by atoms with Gasteiger partial charge in [-0.05, 0) is 0 Å². The minimum atomic E-state index is -0.466. The molecule has 1 saturated heterocycles. The van der Waals surface area contributed by atoms with E-state index < -0.39 is 4.92 Å². The van der Waals surface area contributed by atoms with Gasteiger partial charge in [0.25, 0.3) is 11.6 Å². The van der Waals surface area contributed by atoms with Gasteiger partial charge in [0.2, 0.25) is 0 Å². The minimum Gasteiger partial charge on any atom is -0.277 e. The Morgan fingerprint density at radius 2 is 2.35 bits per heavy atom. The Morgan fingerprint density at radius 1 is 1.52 bits per heavy atom. The third-order valence-electron chi connectivity index (χ3n) is 3.05. The summed E-state index contributed by atoms with van der Waals surface area (Å²) >= 11 is 6.29. The van der Waals surface area contributed by atoms with Crippen molar-refractivity contribution in [1.82, 2.24) is 15.2 Å². The molecule has 1 amide bonds. The number of aromatic amines is 1. The van der Waals surface area contributed by atoms with Crippen molar-refractivity contribution in [2.75, 3.05) is 5.75 Å². The zero-order chi connectivity index (χ0) is 16.4. The number of thioether (sulfide) groups is 1. The largest absolute Gasteiger partial charge is 0.277 e. The van der Waals surface area contributed by atoms with Crippen LogP contribution in [0.25, 0.3) is 11.3 Å². The van der Waals surface area contributed by atoms with Gasteiger partial charge in [-0.25, -0.2) is 0 Å². The molecule has 1 aromatic heterocycles. The normalized spacial score (nSPS) is 14.9. The van der Waals surface area contributed by atoms with Crippen LogP contribution < -0.4 is 0 Å². The van der Waals surface area contributed by atoms with Crippen molar-refractivity contribution >= 4 is 46.1 Å². The van der Waals surface area contributed by atoms with Crippen LogP contribution >= 0.6 is 24.0 Å². The van der Waals surface area contributed by atoms with E-state index in [1.807, 2.05) is 0 Å². The number of nitro benzene ring substituents is 1. The molecule has 10 heteroatoms. The maximum absolute atomic E-state index is 11.6. The first-order valence-corrected chi connectivity index (χ1v) is 7.77. The highest BCUT2D eigenvalue weighted by Crippen LogP contribution is 2.25. The summed E-state index contributed by atoms with van der Waals surface area (Å²) in [4.78, 5) is 22.0. The number of benzene rings is 1. The van der Waals surface area contributed by atoms with Gasteiger partial charge >= 0.3 is 0 Å². The molecule has 2 heterocycles. The Kier molecular flexibility index (Phi) is 4.17. The Hall–Kier alpha value is -2.59. The molecule has 1 aliphatic heterocycles. The summed E-state index contributed by atoms with van der Waals surface area (Å²) in [5.74, 6) is 0.0934. The van der Waals surface area contributed by atoms with Crippen LogP contribution in [0.1, 0.15) is 5.56 Å². The third kappa shape index (κ3) is 3.12. The van der Waals surface area contributed by atoms with Gasteiger partial charge in [0.05, 0.1) is 28.8 Å². The molecule has 0 atom stereocenters. The summed E-state index contributed by atoms with van der Waals surface area (Å²) in [5, 5.41) is 22.8. The van der Waals surface area contributed by atoms with E-state index in [0.717, 1.165) is 5.01 Å². The summed E-state index contributed by atoms with van der Waals surface area (Å²) in [6, 6.07) is 6.16. The molecule has 0 bridgehead atoms. The second-order valence-electron chi connectivity index (χ2n) is 4.51. The fourth-order valence-corrected chi connectivity index (χ4v) is 2.94. The van der Waals surface area contributed by atoms with Crippen LogP contribution in [0.5, 0.6) is 0 Å². The van der Waals surface area contributed by atoms with Crippen molar-refractivity contribution in [3.63, 3.8) is 0 Å². The summed E-state index contributed by atoms with van der Waals surface area (Å²) in [6.45, 7) is 0. The molecule has 0 unspecified atom stereocenters. The lowest BCUT2D eigenvalue weighted by Crippen LogP contribution is -2.22. The first-order valence-electron chi connectivity index (χ1n) is 6.38. The monoisotopic (exact) mass is 347 g/mol. The average Bonchev–Trinajstić information content (AvgIpc) is 3.13. The smallest absolute Gasteiger partial charge is 0.270 e. The van der Waals surface area contributed by atoms with E-state index in [9.17, 15) is 14.9 Å². The van der Waals surface area contributed by atoms with Gasteiger partial charge in [-0.3, -0.25) is 20.0 Å². The van der Waals surface area contributed by atoms with E-state index >= 15 is 0 Å². The number of aromatic nitrogens is 2. The number of nitrogens with zero attached hydrogens (tertiary/aromatic N) is 4. The van der Waals surface area contributed by atoms with Crippen LogP contribution in [0.4, 0.5) is 5.69 Å². The molecular weight excluding hydrogens is 338 g/mol. The maximum Gasteiger partial charge on any atom is 0.270 e. The van der Waals surface area contributed by atoms with Gasteiger partial charge < -0.3 is 0 Å². The predicted molar refractivity (Wildman–Crippen MR) is 90.2 cm³/mol. The van der Waals surface area contributed by atoms with E-state index in [0.29, 0.717) is 21.1 Å². The van der Waals surface area contributed by atoms with Gasteiger partial charge in [0, 0.05) is 23.3 Å². The number of hydrazone groups is 1. The second-order valence-corrected chi connectivity index (χ2v) is 6.12. The summed E-state index contributed by atoms with van der Waals surface area (Å²) in [7, 11) is 0. The van der Waals surface area contributed by atoms with E-state index in [2.05, 4.69) is 15.3 Å². The molecule has 8 nitrogen and oxygen atoms in total. The SMILES string of the molecule is O=C1CSC(=S)N1N=Cc1cn[nH]c1-c1cccc([N+](=O)[O-])c1. The third-order valence-corrected chi connectivity index (χ3v) is 4.39. The number of nitro groups is 1. The second kappa shape index (κ2) is 6.26. The van der Waals surface area contributed by atoms with Crippen LogP contribution in [0.3, 0.4) is 0 Å². The minimum absolute atomic E-state index is 0.0210. The molecule has 1 aliphatic rings. The Bertz CT molecular complexity index is 817. The molecule has 2 aromatic rings. The van der Waals surface area contributed by atoms with E-state index in [1.165, 1.54) is 36.3 Å². The highest BCUT2D eigenvalue weighted by Gasteiger charge is 2.26. The topological polar surface area (TPSA) is 104 Å². The molecule has 1 N–H and O–H groups in total. The lowest BCUT2D eigenvalue weighted by Gasteiger charge is -2.06. The van der Waals surface area contributed by atoms with Crippen LogP contribution in [-0.4, -0.2) is 42.3 Å². The lowest BCUT2D eigenvalue weighted by atomic mass is 10.1. The van der Waals surface area contributed by atoms with Gasteiger partial charge in [0.15, 0.2) is 4.32 Å². The van der Waals surface area contributed by atoms with Crippen LogP contribution in [0.2, 0.25) is 0 Å². The molecule has 0 spiro atoms. The number of hydrogen-bond acceptors (Lipinski definition) is 7. The van der Waals surface area contributed by atoms with Gasteiger partial charge in [-0.15, -0.1) is 0 Å². The van der Waals surface area contributed by atoms with E-state index in [-0.39, 0.29) is 17.3 Å². The van der Waals surface area contributed by atoms with E-state index in [4.69, 9.17) is 12.2 Å². The Balaban J connectivity index is 1.91. The van der Waals surface area contributed by atoms with Crippen molar-refractivity contribution in [3.8, 4) is 11.3 Å². The molecule has 0 radical (unpaired) electrons.